The number of hydrogen-bond acceptors (Lipinski definition) is 5. The average Bonchev–Trinajstić information content (AvgIpc) is 2.11. The third-order valence-electron chi connectivity index (χ3n) is 2.06. The molecule has 6 heteroatoms. The SMILES string of the molecule is CC(N[C]=O)C1(O)SCCNC1O. The predicted octanol–water partition coefficient (Wildman–Crippen LogP) is -1.62. The summed E-state index contributed by atoms with van der Waals surface area (Å²) in [5.41, 5.74) is 0. The lowest BCUT2D eigenvalue weighted by Crippen LogP contribution is -2.62. The Kier molecular flexibility index (Phi) is 3.55. The van der Waals surface area contributed by atoms with Crippen LogP contribution in [0.3, 0.4) is 0 Å². The van der Waals surface area contributed by atoms with Gasteiger partial charge < -0.3 is 15.5 Å². The summed E-state index contributed by atoms with van der Waals surface area (Å²) in [6.07, 6.45) is 0.472. The second kappa shape index (κ2) is 4.28. The number of rotatable bonds is 3. The first-order valence-electron chi connectivity index (χ1n) is 4.01. The van der Waals surface area contributed by atoms with Gasteiger partial charge in [-0.05, 0) is 6.92 Å². The lowest BCUT2D eigenvalue weighted by molar-refractivity contribution is -0.0442. The third-order valence-corrected chi connectivity index (χ3v) is 3.51. The summed E-state index contributed by atoms with van der Waals surface area (Å²) in [7, 11) is 0. The summed E-state index contributed by atoms with van der Waals surface area (Å²) >= 11 is 1.22. The van der Waals surface area contributed by atoms with E-state index in [1.807, 2.05) is 0 Å². The van der Waals surface area contributed by atoms with Gasteiger partial charge in [0.25, 0.3) is 0 Å². The molecule has 5 nitrogen and oxygen atoms in total. The number of hydrogen-bond donors (Lipinski definition) is 4. The van der Waals surface area contributed by atoms with Crippen molar-refractivity contribution in [1.82, 2.24) is 10.6 Å². The highest BCUT2D eigenvalue weighted by Gasteiger charge is 2.43. The second-order valence-electron chi connectivity index (χ2n) is 2.93. The fourth-order valence-electron chi connectivity index (χ4n) is 1.19. The Labute approximate surface area is 80.9 Å². The minimum atomic E-state index is -1.37. The van der Waals surface area contributed by atoms with Crippen molar-refractivity contribution in [3.8, 4) is 0 Å². The van der Waals surface area contributed by atoms with Crippen LogP contribution in [-0.2, 0) is 4.79 Å². The van der Waals surface area contributed by atoms with E-state index < -0.39 is 17.2 Å². The molecule has 3 atom stereocenters. The first-order valence-corrected chi connectivity index (χ1v) is 5.00. The lowest BCUT2D eigenvalue weighted by atomic mass is 10.1. The number of thioether (sulfide) groups is 1. The molecule has 13 heavy (non-hydrogen) atoms. The van der Waals surface area contributed by atoms with Gasteiger partial charge in [-0.15, -0.1) is 11.8 Å². The Bertz CT molecular complexity index is 193. The monoisotopic (exact) mass is 205 g/mol. The highest BCUT2D eigenvalue weighted by molar-refractivity contribution is 8.00. The smallest absolute Gasteiger partial charge is 0.309 e. The molecule has 1 aliphatic rings. The zero-order chi connectivity index (χ0) is 9.90. The Hall–Kier alpha value is -0.300. The van der Waals surface area contributed by atoms with Crippen LogP contribution < -0.4 is 10.6 Å². The van der Waals surface area contributed by atoms with Gasteiger partial charge in [-0.25, -0.2) is 0 Å². The largest absolute Gasteiger partial charge is 0.374 e. The summed E-state index contributed by atoms with van der Waals surface area (Å²) in [6, 6.07) is -0.544. The molecule has 1 fully saturated rings. The predicted molar refractivity (Wildman–Crippen MR) is 49.7 cm³/mol. The third kappa shape index (κ3) is 2.14. The highest BCUT2D eigenvalue weighted by Crippen LogP contribution is 2.31. The summed E-state index contributed by atoms with van der Waals surface area (Å²) in [6.45, 7) is 2.26. The number of nitrogens with one attached hydrogen (secondary N) is 2. The molecule has 0 aromatic heterocycles. The van der Waals surface area contributed by atoms with Crippen molar-refractivity contribution in [2.45, 2.75) is 24.1 Å². The van der Waals surface area contributed by atoms with E-state index in [1.165, 1.54) is 18.2 Å². The van der Waals surface area contributed by atoms with Crippen LogP contribution in [0.2, 0.25) is 0 Å². The molecule has 1 aliphatic heterocycles. The maximum Gasteiger partial charge on any atom is 0.309 e. The Morgan fingerprint density at radius 1 is 1.85 bits per heavy atom. The van der Waals surface area contributed by atoms with Gasteiger partial charge in [0, 0.05) is 12.3 Å². The van der Waals surface area contributed by atoms with E-state index in [-0.39, 0.29) is 0 Å². The minimum absolute atomic E-state index is 0.544. The second-order valence-corrected chi connectivity index (χ2v) is 4.28. The minimum Gasteiger partial charge on any atom is -0.374 e. The molecule has 3 unspecified atom stereocenters. The normalized spacial score (nSPS) is 36.7. The van der Waals surface area contributed by atoms with E-state index in [9.17, 15) is 15.0 Å². The summed E-state index contributed by atoms with van der Waals surface area (Å²) < 4.78 is 0. The first kappa shape index (κ1) is 10.8. The van der Waals surface area contributed by atoms with Gasteiger partial charge >= 0.3 is 6.41 Å². The molecule has 0 spiro atoms. The van der Waals surface area contributed by atoms with Crippen molar-refractivity contribution in [1.29, 1.82) is 0 Å². The standard InChI is InChI=1S/C7H13N2O3S/c1-5(9-4-10)7(12)6(11)8-2-3-13-7/h5-6,8,11-12H,2-3H2,1H3,(H,9,10). The fourth-order valence-corrected chi connectivity index (χ4v) is 2.29. The Morgan fingerprint density at radius 2 is 2.54 bits per heavy atom. The topological polar surface area (TPSA) is 81.6 Å². The molecule has 1 radical (unpaired) electrons. The molecular weight excluding hydrogens is 192 g/mol. The Morgan fingerprint density at radius 3 is 3.08 bits per heavy atom. The van der Waals surface area contributed by atoms with Gasteiger partial charge in [0.05, 0.1) is 6.04 Å². The summed E-state index contributed by atoms with van der Waals surface area (Å²) in [5.74, 6) is 0.693. The summed E-state index contributed by atoms with van der Waals surface area (Å²) in [5, 5.41) is 24.5. The van der Waals surface area contributed by atoms with Crippen molar-refractivity contribution in [3.63, 3.8) is 0 Å². The van der Waals surface area contributed by atoms with Gasteiger partial charge in [-0.1, -0.05) is 0 Å². The molecule has 1 heterocycles. The highest BCUT2D eigenvalue weighted by atomic mass is 32.2. The van der Waals surface area contributed by atoms with Gasteiger partial charge in [0.15, 0.2) is 4.93 Å². The average molecular weight is 205 g/mol. The van der Waals surface area contributed by atoms with Crippen LogP contribution in [-0.4, -0.2) is 46.1 Å². The zero-order valence-electron chi connectivity index (χ0n) is 7.28. The molecule has 0 aromatic rings. The lowest BCUT2D eigenvalue weighted by Gasteiger charge is -2.40. The van der Waals surface area contributed by atoms with Crippen LogP contribution in [0.4, 0.5) is 0 Å². The van der Waals surface area contributed by atoms with Gasteiger partial charge in [-0.2, -0.15) is 0 Å². The molecule has 75 valence electrons. The van der Waals surface area contributed by atoms with Crippen LogP contribution in [0, 0.1) is 0 Å². The molecule has 4 N–H and O–H groups in total. The molecule has 0 bridgehead atoms. The van der Waals surface area contributed by atoms with Gasteiger partial charge in [0.2, 0.25) is 0 Å². The zero-order valence-corrected chi connectivity index (χ0v) is 8.10. The Balaban J connectivity index is 2.64. The van der Waals surface area contributed by atoms with Crippen LogP contribution in [0.15, 0.2) is 0 Å². The van der Waals surface area contributed by atoms with E-state index in [1.54, 1.807) is 6.92 Å². The van der Waals surface area contributed by atoms with E-state index in [4.69, 9.17) is 0 Å². The van der Waals surface area contributed by atoms with Gasteiger partial charge in [0.1, 0.15) is 6.23 Å². The van der Waals surface area contributed by atoms with Crippen LogP contribution in [0.5, 0.6) is 0 Å². The van der Waals surface area contributed by atoms with Crippen LogP contribution in [0.1, 0.15) is 6.92 Å². The van der Waals surface area contributed by atoms with E-state index >= 15 is 0 Å². The van der Waals surface area contributed by atoms with Gasteiger partial charge in [-0.3, -0.25) is 10.1 Å². The van der Waals surface area contributed by atoms with E-state index in [0.29, 0.717) is 12.3 Å². The van der Waals surface area contributed by atoms with Crippen LogP contribution in [0.25, 0.3) is 0 Å². The number of amides is 1. The quantitative estimate of drug-likeness (QED) is 0.416. The fraction of sp³-hybridized carbons (Fsp3) is 0.857. The molecular formula is C7H13N2O3S. The number of aliphatic hydroxyl groups excluding tert-OH is 1. The molecule has 1 amide bonds. The van der Waals surface area contributed by atoms with E-state index in [0.717, 1.165) is 0 Å². The van der Waals surface area contributed by atoms with Crippen molar-refractivity contribution in [2.24, 2.45) is 0 Å². The number of carbonyl (C=O) groups excluding carboxylic acids is 1. The first-order chi connectivity index (χ1) is 6.11. The van der Waals surface area contributed by atoms with E-state index in [2.05, 4.69) is 10.6 Å². The molecule has 0 saturated carbocycles. The van der Waals surface area contributed by atoms with Crippen LogP contribution >= 0.6 is 11.8 Å². The van der Waals surface area contributed by atoms with Crippen molar-refractivity contribution >= 4 is 18.2 Å². The van der Waals surface area contributed by atoms with Crippen molar-refractivity contribution in [3.05, 3.63) is 0 Å². The molecule has 0 aromatic carbocycles. The van der Waals surface area contributed by atoms with Crippen molar-refractivity contribution in [2.75, 3.05) is 12.3 Å². The maximum absolute atomic E-state index is 10.0. The molecule has 1 rings (SSSR count). The maximum atomic E-state index is 10.0. The van der Waals surface area contributed by atoms with Crippen molar-refractivity contribution < 1.29 is 15.0 Å². The number of aliphatic hydroxyl groups is 2. The molecule has 0 aliphatic carbocycles. The molecule has 1 saturated heterocycles. The summed E-state index contributed by atoms with van der Waals surface area (Å²) in [4.78, 5) is 8.68.